The number of pyridine rings is 1. The summed E-state index contributed by atoms with van der Waals surface area (Å²) in [6.07, 6.45) is 5.18. The van der Waals surface area contributed by atoms with Crippen LogP contribution in [0.4, 0.5) is 11.5 Å². The molecule has 1 N–H and O–H groups in total. The zero-order valence-electron chi connectivity index (χ0n) is 15.6. The van der Waals surface area contributed by atoms with Gasteiger partial charge in [0.25, 0.3) is 0 Å². The van der Waals surface area contributed by atoms with Crippen molar-refractivity contribution in [1.29, 1.82) is 0 Å². The fourth-order valence-electron chi connectivity index (χ4n) is 3.39. The van der Waals surface area contributed by atoms with Crippen LogP contribution in [0.15, 0.2) is 54.9 Å². The average Bonchev–Trinajstić information content (AvgIpc) is 2.77. The number of nitrogens with one attached hydrogen (secondary N) is 1. The van der Waals surface area contributed by atoms with Gasteiger partial charge in [0, 0.05) is 36.1 Å². The number of rotatable bonds is 4. The highest BCUT2D eigenvalue weighted by molar-refractivity contribution is 6.35. The van der Waals surface area contributed by atoms with Gasteiger partial charge in [0.1, 0.15) is 0 Å². The first-order chi connectivity index (χ1) is 14.1. The molecule has 1 unspecified atom stereocenters. The number of piperidine rings is 1. The SMILES string of the molecule is O=C(Nc1cc(Cl)ccc1Cl)C1CCCN(c2ccc(-c3cccnc3)nn2)C1. The lowest BCUT2D eigenvalue weighted by Crippen LogP contribution is -2.41. The van der Waals surface area contributed by atoms with Crippen molar-refractivity contribution in [1.82, 2.24) is 15.2 Å². The van der Waals surface area contributed by atoms with Gasteiger partial charge >= 0.3 is 0 Å². The lowest BCUT2D eigenvalue weighted by atomic mass is 9.97. The Hall–Kier alpha value is -2.70. The number of hydrogen-bond acceptors (Lipinski definition) is 5. The van der Waals surface area contributed by atoms with Crippen molar-refractivity contribution in [3.63, 3.8) is 0 Å². The van der Waals surface area contributed by atoms with Crippen molar-refractivity contribution in [2.75, 3.05) is 23.3 Å². The molecule has 8 heteroatoms. The van der Waals surface area contributed by atoms with Gasteiger partial charge in [0.2, 0.25) is 5.91 Å². The van der Waals surface area contributed by atoms with Gasteiger partial charge in [-0.3, -0.25) is 9.78 Å². The van der Waals surface area contributed by atoms with Gasteiger partial charge in [-0.25, -0.2) is 0 Å². The van der Waals surface area contributed by atoms with Crippen LogP contribution in [-0.2, 0) is 4.79 Å². The Balaban J connectivity index is 1.44. The minimum atomic E-state index is -0.168. The van der Waals surface area contributed by atoms with Crippen LogP contribution in [0.1, 0.15) is 12.8 Å². The van der Waals surface area contributed by atoms with Crippen molar-refractivity contribution in [3.05, 3.63) is 64.9 Å². The molecular formula is C21H19Cl2N5O. The summed E-state index contributed by atoms with van der Waals surface area (Å²) in [5.74, 6) is 0.522. The first kappa shape index (κ1) is 19.6. The maximum Gasteiger partial charge on any atom is 0.229 e. The number of anilines is 2. The molecule has 1 fully saturated rings. The van der Waals surface area contributed by atoms with Gasteiger partial charge in [0.05, 0.1) is 22.3 Å². The Morgan fingerprint density at radius 3 is 2.79 bits per heavy atom. The lowest BCUT2D eigenvalue weighted by molar-refractivity contribution is -0.120. The molecule has 3 aromatic rings. The molecule has 1 amide bonds. The van der Waals surface area contributed by atoms with Gasteiger partial charge in [-0.2, -0.15) is 0 Å². The molecule has 1 aliphatic heterocycles. The van der Waals surface area contributed by atoms with Gasteiger partial charge < -0.3 is 10.2 Å². The van der Waals surface area contributed by atoms with Crippen LogP contribution >= 0.6 is 23.2 Å². The Morgan fingerprint density at radius 1 is 1.14 bits per heavy atom. The van der Waals surface area contributed by atoms with E-state index in [9.17, 15) is 4.79 Å². The molecule has 3 heterocycles. The van der Waals surface area contributed by atoms with E-state index in [1.807, 2.05) is 24.3 Å². The van der Waals surface area contributed by atoms with Gasteiger partial charge in [-0.05, 0) is 55.3 Å². The Labute approximate surface area is 178 Å². The molecule has 1 saturated heterocycles. The second-order valence-corrected chi connectivity index (χ2v) is 7.76. The highest BCUT2D eigenvalue weighted by atomic mass is 35.5. The van der Waals surface area contributed by atoms with Crippen LogP contribution in [0.3, 0.4) is 0 Å². The quantitative estimate of drug-likeness (QED) is 0.652. The summed E-state index contributed by atoms with van der Waals surface area (Å²) in [5, 5.41) is 12.6. The van der Waals surface area contributed by atoms with E-state index in [4.69, 9.17) is 23.2 Å². The van der Waals surface area contributed by atoms with Crippen molar-refractivity contribution in [3.8, 4) is 11.3 Å². The topological polar surface area (TPSA) is 71.0 Å². The molecule has 0 aliphatic carbocycles. The van der Waals surface area contributed by atoms with E-state index >= 15 is 0 Å². The summed E-state index contributed by atoms with van der Waals surface area (Å²) in [6, 6.07) is 12.7. The van der Waals surface area contributed by atoms with Crippen molar-refractivity contribution >= 4 is 40.6 Å². The molecule has 0 spiro atoms. The molecule has 1 aliphatic rings. The lowest BCUT2D eigenvalue weighted by Gasteiger charge is -2.32. The van der Waals surface area contributed by atoms with E-state index in [2.05, 4.69) is 25.4 Å². The monoisotopic (exact) mass is 427 g/mol. The number of aromatic nitrogens is 3. The predicted octanol–water partition coefficient (Wildman–Crippen LogP) is 4.70. The van der Waals surface area contributed by atoms with E-state index in [1.54, 1.807) is 30.6 Å². The molecule has 1 atom stereocenters. The predicted molar refractivity (Wildman–Crippen MR) is 115 cm³/mol. The third kappa shape index (κ3) is 4.66. The Morgan fingerprint density at radius 2 is 2.03 bits per heavy atom. The molecule has 0 bridgehead atoms. The van der Waals surface area contributed by atoms with Crippen molar-refractivity contribution < 1.29 is 4.79 Å². The first-order valence-electron chi connectivity index (χ1n) is 9.35. The fourth-order valence-corrected chi connectivity index (χ4v) is 3.73. The number of carbonyl (C=O) groups is 1. The first-order valence-corrected chi connectivity index (χ1v) is 10.1. The Bertz CT molecular complexity index is 998. The van der Waals surface area contributed by atoms with Crippen LogP contribution < -0.4 is 10.2 Å². The third-order valence-corrected chi connectivity index (χ3v) is 5.47. The molecule has 29 heavy (non-hydrogen) atoms. The van der Waals surface area contributed by atoms with Crippen LogP contribution in [0.5, 0.6) is 0 Å². The third-order valence-electron chi connectivity index (χ3n) is 4.91. The zero-order valence-corrected chi connectivity index (χ0v) is 17.1. The van der Waals surface area contributed by atoms with Crippen LogP contribution in [0.25, 0.3) is 11.3 Å². The number of benzene rings is 1. The number of nitrogens with zero attached hydrogens (tertiary/aromatic N) is 4. The molecule has 0 radical (unpaired) electrons. The van der Waals surface area contributed by atoms with E-state index in [1.165, 1.54) is 0 Å². The summed E-state index contributed by atoms with van der Waals surface area (Å²) in [6.45, 7) is 1.41. The van der Waals surface area contributed by atoms with Crippen LogP contribution in [0.2, 0.25) is 10.0 Å². The van der Waals surface area contributed by atoms with Gasteiger partial charge in [-0.1, -0.05) is 23.2 Å². The normalized spacial score (nSPS) is 16.5. The largest absolute Gasteiger partial charge is 0.354 e. The molecule has 2 aromatic heterocycles. The zero-order chi connectivity index (χ0) is 20.2. The second-order valence-electron chi connectivity index (χ2n) is 6.92. The van der Waals surface area contributed by atoms with E-state index in [-0.39, 0.29) is 11.8 Å². The van der Waals surface area contributed by atoms with E-state index < -0.39 is 0 Å². The Kier molecular flexibility index (Phi) is 5.92. The summed E-state index contributed by atoms with van der Waals surface area (Å²) < 4.78 is 0. The van der Waals surface area contributed by atoms with E-state index in [0.717, 1.165) is 36.5 Å². The fraction of sp³-hybridized carbons (Fsp3) is 0.238. The minimum absolute atomic E-state index is 0.0706. The molecular weight excluding hydrogens is 409 g/mol. The van der Waals surface area contributed by atoms with Crippen LogP contribution in [-0.4, -0.2) is 34.2 Å². The maximum atomic E-state index is 12.8. The molecule has 6 nitrogen and oxygen atoms in total. The molecule has 148 valence electrons. The average molecular weight is 428 g/mol. The summed E-state index contributed by atoms with van der Waals surface area (Å²) >= 11 is 12.2. The highest BCUT2D eigenvalue weighted by Gasteiger charge is 2.27. The highest BCUT2D eigenvalue weighted by Crippen LogP contribution is 2.28. The van der Waals surface area contributed by atoms with Crippen molar-refractivity contribution in [2.24, 2.45) is 5.92 Å². The summed E-state index contributed by atoms with van der Waals surface area (Å²) in [5.41, 5.74) is 2.21. The molecule has 1 aromatic carbocycles. The van der Waals surface area contributed by atoms with Gasteiger partial charge in [0.15, 0.2) is 5.82 Å². The number of carbonyl (C=O) groups excluding carboxylic acids is 1. The molecule has 4 rings (SSSR count). The second kappa shape index (κ2) is 8.76. The standard InChI is InChI=1S/C21H19Cl2N5O/c22-16-5-6-17(23)19(11-16)25-21(29)15-4-2-10-28(13-15)20-8-7-18(26-27-20)14-3-1-9-24-12-14/h1,3,5-9,11-12,15H,2,4,10,13H2,(H,25,29). The minimum Gasteiger partial charge on any atom is -0.354 e. The summed E-state index contributed by atoms with van der Waals surface area (Å²) in [4.78, 5) is 19.0. The maximum absolute atomic E-state index is 12.8. The number of amides is 1. The van der Waals surface area contributed by atoms with Crippen molar-refractivity contribution in [2.45, 2.75) is 12.8 Å². The van der Waals surface area contributed by atoms with Crippen LogP contribution in [0, 0.1) is 5.92 Å². The number of halogens is 2. The summed E-state index contributed by atoms with van der Waals surface area (Å²) in [7, 11) is 0. The smallest absolute Gasteiger partial charge is 0.229 e. The van der Waals surface area contributed by atoms with Gasteiger partial charge in [-0.15, -0.1) is 10.2 Å². The molecule has 0 saturated carbocycles. The number of hydrogen-bond donors (Lipinski definition) is 1. The van der Waals surface area contributed by atoms with E-state index in [0.29, 0.717) is 22.3 Å².